The van der Waals surface area contributed by atoms with Gasteiger partial charge < -0.3 is 10.5 Å². The van der Waals surface area contributed by atoms with Crippen LogP contribution in [0.25, 0.3) is 16.9 Å². The summed E-state index contributed by atoms with van der Waals surface area (Å²) < 4.78 is 21.1. The molecule has 2 aromatic heterocycles. The Morgan fingerprint density at radius 3 is 2.28 bits per heavy atom. The second-order valence-corrected chi connectivity index (χ2v) is 6.08. The first-order chi connectivity index (χ1) is 12.1. The third-order valence-corrected chi connectivity index (χ3v) is 4.28. The molecular weight excluding hydrogens is 387 g/mol. The number of anilines is 1. The maximum absolute atomic E-state index is 12.9. The van der Waals surface area contributed by atoms with Crippen molar-refractivity contribution >= 4 is 27.4 Å². The van der Waals surface area contributed by atoms with Crippen molar-refractivity contribution in [3.8, 4) is 22.9 Å². The molecule has 0 amide bonds. The van der Waals surface area contributed by atoms with Crippen LogP contribution in [0.5, 0.6) is 11.5 Å². The van der Waals surface area contributed by atoms with E-state index < -0.39 is 0 Å². The van der Waals surface area contributed by atoms with E-state index >= 15 is 0 Å². The van der Waals surface area contributed by atoms with Gasteiger partial charge in [-0.2, -0.15) is 0 Å². The Hall–Kier alpha value is -2.93. The Labute approximate surface area is 151 Å². The third-order valence-electron chi connectivity index (χ3n) is 3.70. The lowest BCUT2D eigenvalue weighted by Crippen LogP contribution is -2.01. The van der Waals surface area contributed by atoms with Gasteiger partial charge in [0.15, 0.2) is 0 Å². The van der Waals surface area contributed by atoms with Crippen molar-refractivity contribution in [2.24, 2.45) is 0 Å². The van der Waals surface area contributed by atoms with Gasteiger partial charge in [-0.3, -0.25) is 4.40 Å². The van der Waals surface area contributed by atoms with Crippen LogP contribution in [0.1, 0.15) is 0 Å². The van der Waals surface area contributed by atoms with Crippen LogP contribution >= 0.6 is 15.9 Å². The number of benzene rings is 2. The van der Waals surface area contributed by atoms with Crippen LogP contribution in [-0.2, 0) is 0 Å². The number of hydrogen-bond acceptors (Lipinski definition) is 4. The molecule has 25 heavy (non-hydrogen) atoms. The number of rotatable bonds is 3. The number of fused-ring (bicyclic) bond motifs is 1. The summed E-state index contributed by atoms with van der Waals surface area (Å²) in [5.74, 6) is 1.95. The number of nitrogens with zero attached hydrogens (tertiary/aromatic N) is 3. The third kappa shape index (κ3) is 2.94. The van der Waals surface area contributed by atoms with Crippen molar-refractivity contribution in [3.05, 3.63) is 71.2 Å². The predicted octanol–water partition coefficient (Wildman–Crippen LogP) is 4.67. The second kappa shape index (κ2) is 6.18. The van der Waals surface area contributed by atoms with Gasteiger partial charge in [0.1, 0.15) is 27.7 Å². The zero-order chi connectivity index (χ0) is 17.4. The van der Waals surface area contributed by atoms with E-state index in [-0.39, 0.29) is 5.82 Å². The molecule has 0 saturated heterocycles. The van der Waals surface area contributed by atoms with Gasteiger partial charge in [0.2, 0.25) is 5.95 Å². The molecule has 5 nitrogen and oxygen atoms in total. The van der Waals surface area contributed by atoms with Crippen LogP contribution < -0.4 is 10.5 Å². The number of hydrogen-bond donors (Lipinski definition) is 1. The van der Waals surface area contributed by atoms with Crippen LogP contribution in [0.4, 0.5) is 10.3 Å². The molecule has 0 aliphatic carbocycles. The van der Waals surface area contributed by atoms with Gasteiger partial charge in [0.25, 0.3) is 0 Å². The first-order valence-electron chi connectivity index (χ1n) is 7.44. The van der Waals surface area contributed by atoms with E-state index in [9.17, 15) is 4.39 Å². The molecule has 0 radical (unpaired) electrons. The van der Waals surface area contributed by atoms with Crippen LogP contribution in [0.15, 0.2) is 65.4 Å². The van der Waals surface area contributed by atoms with Crippen molar-refractivity contribution in [2.75, 3.05) is 5.73 Å². The molecule has 4 rings (SSSR count). The van der Waals surface area contributed by atoms with E-state index in [1.807, 2.05) is 30.3 Å². The molecule has 0 atom stereocenters. The quantitative estimate of drug-likeness (QED) is 0.544. The Morgan fingerprint density at radius 2 is 1.60 bits per heavy atom. The highest BCUT2D eigenvalue weighted by atomic mass is 79.9. The van der Waals surface area contributed by atoms with Gasteiger partial charge in [0, 0.05) is 11.8 Å². The molecule has 0 bridgehead atoms. The minimum Gasteiger partial charge on any atom is -0.457 e. The molecule has 0 fully saturated rings. The Balaban J connectivity index is 1.68. The zero-order valence-electron chi connectivity index (χ0n) is 12.9. The molecule has 124 valence electrons. The maximum Gasteiger partial charge on any atom is 0.206 e. The predicted molar refractivity (Wildman–Crippen MR) is 97.0 cm³/mol. The molecule has 2 N–H and O–H groups in total. The highest BCUT2D eigenvalue weighted by Crippen LogP contribution is 2.29. The highest BCUT2D eigenvalue weighted by Gasteiger charge is 2.13. The lowest BCUT2D eigenvalue weighted by Gasteiger charge is -2.07. The first-order valence-corrected chi connectivity index (χ1v) is 8.23. The fourth-order valence-corrected chi connectivity index (χ4v) is 3.01. The van der Waals surface area contributed by atoms with E-state index in [1.54, 1.807) is 22.7 Å². The monoisotopic (exact) mass is 398 g/mol. The van der Waals surface area contributed by atoms with Gasteiger partial charge in [-0.1, -0.05) is 0 Å². The molecule has 4 aromatic rings. The largest absolute Gasteiger partial charge is 0.457 e. The summed E-state index contributed by atoms with van der Waals surface area (Å²) in [6, 6.07) is 15.1. The smallest absolute Gasteiger partial charge is 0.206 e. The van der Waals surface area contributed by atoms with Gasteiger partial charge in [-0.05, 0) is 70.5 Å². The summed E-state index contributed by atoms with van der Waals surface area (Å²) in [7, 11) is 0. The fourth-order valence-electron chi connectivity index (χ4n) is 2.53. The topological polar surface area (TPSA) is 65.4 Å². The highest BCUT2D eigenvalue weighted by molar-refractivity contribution is 9.10. The molecule has 2 heterocycles. The van der Waals surface area contributed by atoms with E-state index in [1.165, 1.54) is 12.1 Å². The Kier molecular flexibility index (Phi) is 3.85. The molecule has 0 saturated carbocycles. The summed E-state index contributed by atoms with van der Waals surface area (Å²) in [5.41, 5.74) is 7.70. The molecular formula is C18H12BrFN4O. The zero-order valence-corrected chi connectivity index (χ0v) is 14.4. The second-order valence-electron chi connectivity index (χ2n) is 5.33. The van der Waals surface area contributed by atoms with Crippen molar-refractivity contribution in [1.29, 1.82) is 0 Å². The van der Waals surface area contributed by atoms with Crippen LogP contribution in [0.2, 0.25) is 0 Å². The molecule has 0 unspecified atom stereocenters. The lowest BCUT2D eigenvalue weighted by molar-refractivity contribution is 0.480. The normalized spacial score (nSPS) is 11.0. The summed E-state index contributed by atoms with van der Waals surface area (Å²) >= 11 is 3.44. The van der Waals surface area contributed by atoms with E-state index in [0.29, 0.717) is 27.9 Å². The number of halogens is 2. The van der Waals surface area contributed by atoms with Crippen LogP contribution in [0.3, 0.4) is 0 Å². The number of aromatic nitrogens is 3. The van der Waals surface area contributed by atoms with Crippen molar-refractivity contribution < 1.29 is 9.13 Å². The molecule has 2 aromatic carbocycles. The molecule has 0 aliphatic heterocycles. The molecule has 7 heteroatoms. The van der Waals surface area contributed by atoms with E-state index in [0.717, 1.165) is 11.1 Å². The Morgan fingerprint density at radius 1 is 0.960 bits per heavy atom. The minimum atomic E-state index is -0.300. The molecule has 0 spiro atoms. The van der Waals surface area contributed by atoms with E-state index in [2.05, 4.69) is 25.9 Å². The van der Waals surface area contributed by atoms with Crippen molar-refractivity contribution in [3.63, 3.8) is 0 Å². The van der Waals surface area contributed by atoms with E-state index in [4.69, 9.17) is 10.5 Å². The SMILES string of the molecule is Nc1nccc2c(Br)nc(-c3ccc(Oc4ccc(F)cc4)cc3)n12. The maximum atomic E-state index is 12.9. The Bertz CT molecular complexity index is 1050. The summed E-state index contributed by atoms with van der Waals surface area (Å²) in [5, 5.41) is 0. The lowest BCUT2D eigenvalue weighted by atomic mass is 10.2. The standard InChI is InChI=1S/C18H12BrFN4O/c19-16-15-9-10-22-18(21)24(15)17(23-16)11-1-5-13(6-2-11)25-14-7-3-12(20)4-8-14/h1-10H,(H2,21,22). The first kappa shape index (κ1) is 15.6. The molecule has 0 aliphatic rings. The number of nitrogens with two attached hydrogens (primary N) is 1. The average molecular weight is 399 g/mol. The summed E-state index contributed by atoms with van der Waals surface area (Å²) in [6.07, 6.45) is 1.64. The van der Waals surface area contributed by atoms with Crippen LogP contribution in [0, 0.1) is 5.82 Å². The van der Waals surface area contributed by atoms with Gasteiger partial charge in [-0.25, -0.2) is 14.4 Å². The number of imidazole rings is 1. The fraction of sp³-hybridized carbons (Fsp3) is 0. The van der Waals surface area contributed by atoms with Crippen LogP contribution in [-0.4, -0.2) is 14.4 Å². The van der Waals surface area contributed by atoms with Crippen molar-refractivity contribution in [1.82, 2.24) is 14.4 Å². The van der Waals surface area contributed by atoms with Gasteiger partial charge >= 0.3 is 0 Å². The van der Waals surface area contributed by atoms with Gasteiger partial charge in [-0.15, -0.1) is 0 Å². The average Bonchev–Trinajstić information content (AvgIpc) is 2.96. The van der Waals surface area contributed by atoms with Gasteiger partial charge in [0.05, 0.1) is 5.52 Å². The summed E-state index contributed by atoms with van der Waals surface area (Å²) in [4.78, 5) is 8.63. The number of ether oxygens (including phenoxy) is 1. The van der Waals surface area contributed by atoms with Crippen molar-refractivity contribution in [2.45, 2.75) is 0 Å². The number of nitrogen functional groups attached to an aromatic ring is 1. The minimum absolute atomic E-state index is 0.300. The summed E-state index contributed by atoms with van der Waals surface area (Å²) in [6.45, 7) is 0.